The number of hydrogen-bond donors (Lipinski definition) is 0. The van der Waals surface area contributed by atoms with E-state index in [0.29, 0.717) is 5.41 Å². The fraction of sp³-hybridized carbons (Fsp3) is 1.00. The largest absolute Gasteiger partial charge is 0.147 e. The van der Waals surface area contributed by atoms with Crippen molar-refractivity contribution in [3.8, 4) is 0 Å². The summed E-state index contributed by atoms with van der Waals surface area (Å²) in [5.74, 6) is 2.74. The molecule has 1 rings (SSSR count). The van der Waals surface area contributed by atoms with Crippen molar-refractivity contribution in [2.24, 2.45) is 5.41 Å². The monoisotopic (exact) mass is 190 g/mol. The van der Waals surface area contributed by atoms with E-state index in [0.717, 1.165) is 4.58 Å². The first-order valence-electron chi connectivity index (χ1n) is 4.34. The molecule has 1 aliphatic heterocycles. The summed E-state index contributed by atoms with van der Waals surface area (Å²) in [7, 11) is 0. The second-order valence-electron chi connectivity index (χ2n) is 4.15. The summed E-state index contributed by atoms with van der Waals surface area (Å²) in [5.41, 5.74) is 0.486. The average molecular weight is 190 g/mol. The standard InChI is InChI=1S/C9H18S2/c1-9(2,3)8-10-6-4-5-7-11-8/h8H,4-7H2,1-3H3. The lowest BCUT2D eigenvalue weighted by Gasteiger charge is -2.28. The maximum Gasteiger partial charge on any atom is 0.0550 e. The van der Waals surface area contributed by atoms with E-state index in [-0.39, 0.29) is 0 Å². The van der Waals surface area contributed by atoms with Crippen LogP contribution in [0.5, 0.6) is 0 Å². The summed E-state index contributed by atoms with van der Waals surface area (Å²) in [5, 5.41) is 0. The third-order valence-corrected chi connectivity index (χ3v) is 5.67. The Morgan fingerprint density at radius 3 is 1.82 bits per heavy atom. The minimum atomic E-state index is 0.486. The van der Waals surface area contributed by atoms with E-state index in [1.807, 2.05) is 0 Å². The van der Waals surface area contributed by atoms with Crippen LogP contribution in [0.4, 0.5) is 0 Å². The van der Waals surface area contributed by atoms with E-state index in [9.17, 15) is 0 Å². The van der Waals surface area contributed by atoms with Crippen LogP contribution in [-0.2, 0) is 0 Å². The van der Waals surface area contributed by atoms with Gasteiger partial charge in [-0.25, -0.2) is 0 Å². The zero-order valence-electron chi connectivity index (χ0n) is 7.72. The van der Waals surface area contributed by atoms with E-state index in [1.54, 1.807) is 0 Å². The van der Waals surface area contributed by atoms with Crippen LogP contribution < -0.4 is 0 Å². The highest BCUT2D eigenvalue weighted by Crippen LogP contribution is 2.41. The van der Waals surface area contributed by atoms with Crippen molar-refractivity contribution < 1.29 is 0 Å². The van der Waals surface area contributed by atoms with E-state index in [4.69, 9.17) is 0 Å². The fourth-order valence-electron chi connectivity index (χ4n) is 1.13. The quantitative estimate of drug-likeness (QED) is 0.572. The molecule has 1 fully saturated rings. The molecule has 0 aromatic rings. The summed E-state index contributed by atoms with van der Waals surface area (Å²) in [6, 6.07) is 0. The second kappa shape index (κ2) is 4.08. The summed E-state index contributed by atoms with van der Waals surface area (Å²) < 4.78 is 0.824. The van der Waals surface area contributed by atoms with Crippen molar-refractivity contribution in [2.45, 2.75) is 38.2 Å². The van der Waals surface area contributed by atoms with Crippen LogP contribution in [0.2, 0.25) is 0 Å². The average Bonchev–Trinajstić information content (AvgIpc) is 2.10. The molecule has 0 nitrogen and oxygen atoms in total. The van der Waals surface area contributed by atoms with E-state index in [2.05, 4.69) is 44.3 Å². The Labute approximate surface area is 78.9 Å². The molecule has 0 amide bonds. The van der Waals surface area contributed by atoms with Crippen LogP contribution in [0, 0.1) is 5.41 Å². The number of hydrogen-bond acceptors (Lipinski definition) is 2. The highest BCUT2D eigenvalue weighted by Gasteiger charge is 2.26. The summed E-state index contributed by atoms with van der Waals surface area (Å²) in [6.45, 7) is 7.05. The Morgan fingerprint density at radius 1 is 1.00 bits per heavy atom. The Kier molecular flexibility index (Phi) is 3.63. The Hall–Kier alpha value is 0.700. The molecule has 0 radical (unpaired) electrons. The molecule has 66 valence electrons. The molecule has 0 bridgehead atoms. The van der Waals surface area contributed by atoms with Crippen molar-refractivity contribution in [3.05, 3.63) is 0 Å². The van der Waals surface area contributed by atoms with Gasteiger partial charge in [-0.15, -0.1) is 23.5 Å². The van der Waals surface area contributed by atoms with Crippen LogP contribution in [0.1, 0.15) is 33.6 Å². The van der Waals surface area contributed by atoms with E-state index < -0.39 is 0 Å². The zero-order chi connectivity index (χ0) is 8.32. The zero-order valence-corrected chi connectivity index (χ0v) is 9.36. The van der Waals surface area contributed by atoms with Gasteiger partial charge in [0.15, 0.2) is 0 Å². The van der Waals surface area contributed by atoms with Crippen LogP contribution in [0.15, 0.2) is 0 Å². The molecular formula is C9H18S2. The minimum absolute atomic E-state index is 0.486. The molecule has 1 saturated heterocycles. The predicted octanol–water partition coefficient (Wildman–Crippen LogP) is 3.62. The smallest absolute Gasteiger partial charge is 0.0550 e. The summed E-state index contributed by atoms with van der Waals surface area (Å²) >= 11 is 4.31. The van der Waals surface area contributed by atoms with Crippen LogP contribution in [0.3, 0.4) is 0 Å². The molecule has 0 spiro atoms. The van der Waals surface area contributed by atoms with Gasteiger partial charge in [-0.2, -0.15) is 0 Å². The molecule has 1 aliphatic rings. The lowest BCUT2D eigenvalue weighted by Crippen LogP contribution is -2.19. The molecule has 11 heavy (non-hydrogen) atoms. The van der Waals surface area contributed by atoms with Gasteiger partial charge >= 0.3 is 0 Å². The third-order valence-electron chi connectivity index (χ3n) is 1.78. The number of rotatable bonds is 0. The maximum absolute atomic E-state index is 2.35. The highest BCUT2D eigenvalue weighted by molar-refractivity contribution is 8.17. The SMILES string of the molecule is CC(C)(C)C1SCCCCS1. The van der Waals surface area contributed by atoms with Crippen molar-refractivity contribution in [3.63, 3.8) is 0 Å². The molecule has 0 N–H and O–H groups in total. The predicted molar refractivity (Wildman–Crippen MR) is 57.4 cm³/mol. The lowest BCUT2D eigenvalue weighted by atomic mass is 10.0. The molecule has 0 atom stereocenters. The van der Waals surface area contributed by atoms with Gasteiger partial charge < -0.3 is 0 Å². The molecule has 0 saturated carbocycles. The van der Waals surface area contributed by atoms with Gasteiger partial charge in [-0.3, -0.25) is 0 Å². The molecule has 0 aromatic carbocycles. The summed E-state index contributed by atoms with van der Waals surface area (Å²) in [6.07, 6.45) is 2.84. The fourth-order valence-corrected chi connectivity index (χ4v) is 4.26. The first-order valence-corrected chi connectivity index (χ1v) is 6.43. The van der Waals surface area contributed by atoms with E-state index >= 15 is 0 Å². The first kappa shape index (κ1) is 9.79. The Balaban J connectivity index is 2.43. The van der Waals surface area contributed by atoms with Crippen molar-refractivity contribution in [2.75, 3.05) is 11.5 Å². The van der Waals surface area contributed by atoms with Crippen molar-refractivity contribution in [1.29, 1.82) is 0 Å². The topological polar surface area (TPSA) is 0 Å². The minimum Gasteiger partial charge on any atom is -0.147 e. The van der Waals surface area contributed by atoms with E-state index in [1.165, 1.54) is 24.3 Å². The first-order chi connectivity index (χ1) is 5.11. The Bertz CT molecular complexity index is 107. The molecule has 2 heteroatoms. The van der Waals surface area contributed by atoms with Crippen molar-refractivity contribution >= 4 is 23.5 Å². The summed E-state index contributed by atoms with van der Waals surface area (Å²) in [4.78, 5) is 0. The third kappa shape index (κ3) is 3.29. The van der Waals surface area contributed by atoms with Gasteiger partial charge in [0.25, 0.3) is 0 Å². The lowest BCUT2D eigenvalue weighted by molar-refractivity contribution is 0.460. The molecule has 1 heterocycles. The maximum atomic E-state index is 2.35. The Morgan fingerprint density at radius 2 is 1.45 bits per heavy atom. The molecule has 0 aromatic heterocycles. The van der Waals surface area contributed by atoms with Gasteiger partial charge in [0, 0.05) is 0 Å². The van der Waals surface area contributed by atoms with Crippen molar-refractivity contribution in [1.82, 2.24) is 0 Å². The second-order valence-corrected chi connectivity index (χ2v) is 6.87. The molecular weight excluding hydrogens is 172 g/mol. The number of thioether (sulfide) groups is 2. The molecule has 0 aliphatic carbocycles. The van der Waals surface area contributed by atoms with Crippen LogP contribution in [-0.4, -0.2) is 16.1 Å². The van der Waals surface area contributed by atoms with Gasteiger partial charge in [-0.05, 0) is 29.8 Å². The van der Waals surface area contributed by atoms with Gasteiger partial charge in [0.2, 0.25) is 0 Å². The highest BCUT2D eigenvalue weighted by atomic mass is 32.2. The molecule has 0 unspecified atom stereocenters. The van der Waals surface area contributed by atoms with Crippen LogP contribution >= 0.6 is 23.5 Å². The normalized spacial score (nSPS) is 23.2. The van der Waals surface area contributed by atoms with Gasteiger partial charge in [0.05, 0.1) is 4.58 Å². The van der Waals surface area contributed by atoms with Gasteiger partial charge in [0.1, 0.15) is 0 Å². The van der Waals surface area contributed by atoms with Gasteiger partial charge in [-0.1, -0.05) is 20.8 Å². The van der Waals surface area contributed by atoms with Crippen LogP contribution in [0.25, 0.3) is 0 Å².